The van der Waals surface area contributed by atoms with Crippen LogP contribution in [0.25, 0.3) is 0 Å². The fraction of sp³-hybridized carbons (Fsp3) is 0.350. The molecule has 0 spiro atoms. The number of aliphatic hydroxyl groups excluding tert-OH is 1. The minimum absolute atomic E-state index is 0.0682. The number of carbonyl (C=O) groups is 1. The number of ketones is 1. The van der Waals surface area contributed by atoms with Crippen molar-refractivity contribution in [2.24, 2.45) is 0 Å². The Morgan fingerprint density at radius 2 is 1.58 bits per heavy atom. The van der Waals surface area contributed by atoms with Crippen molar-refractivity contribution >= 4 is 5.78 Å². The van der Waals surface area contributed by atoms with Crippen LogP contribution in [0.3, 0.4) is 0 Å². The summed E-state index contributed by atoms with van der Waals surface area (Å²) in [7, 11) is 0. The number of benzene rings is 2. The highest BCUT2D eigenvalue weighted by Gasteiger charge is 2.46. The van der Waals surface area contributed by atoms with E-state index in [-0.39, 0.29) is 5.78 Å². The average Bonchev–Trinajstić information content (AvgIpc) is 2.68. The molecule has 1 heterocycles. The third-order valence-electron chi connectivity index (χ3n) is 4.81. The normalized spacial score (nSPS) is 19.4. The van der Waals surface area contributed by atoms with E-state index in [9.17, 15) is 9.90 Å². The van der Waals surface area contributed by atoms with Crippen molar-refractivity contribution in [3.63, 3.8) is 0 Å². The minimum Gasteiger partial charge on any atom is -0.386 e. The summed E-state index contributed by atoms with van der Waals surface area (Å²) < 4.78 is 5.43. The van der Waals surface area contributed by atoms with Gasteiger partial charge < -0.3 is 9.84 Å². The quantitative estimate of drug-likeness (QED) is 0.859. The molecule has 0 aliphatic carbocycles. The first-order chi connectivity index (χ1) is 11.6. The molecule has 4 nitrogen and oxygen atoms in total. The van der Waals surface area contributed by atoms with Gasteiger partial charge in [0.2, 0.25) is 0 Å². The lowest BCUT2D eigenvalue weighted by molar-refractivity contribution is -0.0556. The lowest BCUT2D eigenvalue weighted by Gasteiger charge is -2.45. The lowest BCUT2D eigenvalue weighted by Crippen LogP contribution is -2.59. The molecule has 0 radical (unpaired) electrons. The molecule has 1 N–H and O–H groups in total. The van der Waals surface area contributed by atoms with Crippen LogP contribution in [0.1, 0.15) is 28.9 Å². The van der Waals surface area contributed by atoms with Gasteiger partial charge in [-0.1, -0.05) is 60.7 Å². The molecule has 1 fully saturated rings. The first-order valence-corrected chi connectivity index (χ1v) is 8.29. The van der Waals surface area contributed by atoms with Crippen molar-refractivity contribution in [2.75, 3.05) is 26.3 Å². The number of rotatable bonds is 5. The summed E-state index contributed by atoms with van der Waals surface area (Å²) >= 11 is 0. The monoisotopic (exact) mass is 325 g/mol. The molecule has 2 aromatic rings. The topological polar surface area (TPSA) is 49.8 Å². The molecule has 0 amide bonds. The molecule has 2 atom stereocenters. The van der Waals surface area contributed by atoms with Gasteiger partial charge in [-0.2, -0.15) is 0 Å². The fourth-order valence-electron chi connectivity index (χ4n) is 3.31. The maximum absolute atomic E-state index is 13.3. The largest absolute Gasteiger partial charge is 0.386 e. The van der Waals surface area contributed by atoms with Gasteiger partial charge in [-0.3, -0.25) is 9.69 Å². The molecule has 126 valence electrons. The van der Waals surface area contributed by atoms with Gasteiger partial charge in [0.05, 0.1) is 13.2 Å². The molecule has 4 heteroatoms. The summed E-state index contributed by atoms with van der Waals surface area (Å²) in [6, 6.07) is 18.6. The van der Waals surface area contributed by atoms with Crippen molar-refractivity contribution in [2.45, 2.75) is 18.6 Å². The van der Waals surface area contributed by atoms with Crippen LogP contribution in [0.5, 0.6) is 0 Å². The number of hydrogen-bond donors (Lipinski definition) is 1. The van der Waals surface area contributed by atoms with Crippen molar-refractivity contribution in [1.29, 1.82) is 0 Å². The summed E-state index contributed by atoms with van der Waals surface area (Å²) in [6.45, 7) is 4.22. The number of hydrogen-bond acceptors (Lipinski definition) is 4. The average molecular weight is 325 g/mol. The Kier molecular flexibility index (Phi) is 5.09. The molecule has 1 aliphatic heterocycles. The zero-order valence-corrected chi connectivity index (χ0v) is 13.9. The van der Waals surface area contributed by atoms with Gasteiger partial charge in [-0.25, -0.2) is 0 Å². The van der Waals surface area contributed by atoms with Crippen LogP contribution in [0.4, 0.5) is 0 Å². The predicted molar refractivity (Wildman–Crippen MR) is 93.0 cm³/mol. The van der Waals surface area contributed by atoms with E-state index in [0.29, 0.717) is 31.9 Å². The second-order valence-electron chi connectivity index (χ2n) is 6.26. The standard InChI is InChI=1S/C20H23NO3/c1-20(21-12-14-24-15-13-21,18(22)16-8-4-2-5-9-16)19(23)17-10-6-3-7-11-17/h2-11,18,22H,12-15H2,1H3. The number of nitrogens with zero attached hydrogens (tertiary/aromatic N) is 1. The molecule has 1 saturated heterocycles. The van der Waals surface area contributed by atoms with Crippen LogP contribution in [-0.4, -0.2) is 47.6 Å². The van der Waals surface area contributed by atoms with Crippen molar-refractivity contribution in [3.05, 3.63) is 71.8 Å². The van der Waals surface area contributed by atoms with E-state index in [2.05, 4.69) is 0 Å². The molecular weight excluding hydrogens is 302 g/mol. The summed E-state index contributed by atoms with van der Waals surface area (Å²) in [5.74, 6) is -0.0682. The van der Waals surface area contributed by atoms with Crippen LogP contribution >= 0.6 is 0 Å². The van der Waals surface area contributed by atoms with Crippen LogP contribution in [-0.2, 0) is 4.74 Å². The van der Waals surface area contributed by atoms with Gasteiger partial charge in [0, 0.05) is 18.7 Å². The highest BCUT2D eigenvalue weighted by atomic mass is 16.5. The van der Waals surface area contributed by atoms with E-state index in [0.717, 1.165) is 5.56 Å². The second kappa shape index (κ2) is 7.26. The number of morpholine rings is 1. The Bertz CT molecular complexity index is 668. The summed E-state index contributed by atoms with van der Waals surface area (Å²) in [5, 5.41) is 11.1. The Labute approximate surface area is 142 Å². The van der Waals surface area contributed by atoms with E-state index in [1.807, 2.05) is 60.4 Å². The maximum Gasteiger partial charge on any atom is 0.185 e. The third-order valence-corrected chi connectivity index (χ3v) is 4.81. The van der Waals surface area contributed by atoms with E-state index in [1.54, 1.807) is 12.1 Å². The number of Topliss-reactive ketones (excluding diaryl/α,β-unsaturated/α-hetero) is 1. The first kappa shape index (κ1) is 16.8. The van der Waals surface area contributed by atoms with E-state index in [4.69, 9.17) is 4.74 Å². The number of carbonyl (C=O) groups excluding carboxylic acids is 1. The third kappa shape index (κ3) is 3.13. The van der Waals surface area contributed by atoms with E-state index < -0.39 is 11.6 Å². The second-order valence-corrected chi connectivity index (χ2v) is 6.26. The maximum atomic E-state index is 13.3. The molecule has 0 bridgehead atoms. The molecule has 0 saturated carbocycles. The Hall–Kier alpha value is -2.01. The van der Waals surface area contributed by atoms with Crippen molar-refractivity contribution in [3.8, 4) is 0 Å². The zero-order chi connectivity index (χ0) is 17.0. The minimum atomic E-state index is -1.04. The number of ether oxygens (including phenoxy) is 1. The highest BCUT2D eigenvalue weighted by molar-refractivity contribution is 6.03. The van der Waals surface area contributed by atoms with Gasteiger partial charge in [0.1, 0.15) is 11.6 Å². The smallest absolute Gasteiger partial charge is 0.185 e. The van der Waals surface area contributed by atoms with E-state index >= 15 is 0 Å². The van der Waals surface area contributed by atoms with Gasteiger partial charge >= 0.3 is 0 Å². The predicted octanol–water partition coefficient (Wildman–Crippen LogP) is 2.69. The molecule has 2 aromatic carbocycles. The fourth-order valence-corrected chi connectivity index (χ4v) is 3.31. The first-order valence-electron chi connectivity index (χ1n) is 8.29. The van der Waals surface area contributed by atoms with Crippen LogP contribution < -0.4 is 0 Å². The number of aliphatic hydroxyl groups is 1. The van der Waals surface area contributed by atoms with Gasteiger partial charge in [0.25, 0.3) is 0 Å². The summed E-state index contributed by atoms with van der Waals surface area (Å²) in [4.78, 5) is 15.4. The van der Waals surface area contributed by atoms with Gasteiger partial charge in [-0.05, 0) is 12.5 Å². The summed E-state index contributed by atoms with van der Waals surface area (Å²) in [6.07, 6.45) is -0.912. The Balaban J connectivity index is 2.01. The van der Waals surface area contributed by atoms with E-state index in [1.165, 1.54) is 0 Å². The Morgan fingerprint density at radius 1 is 1.04 bits per heavy atom. The molecule has 24 heavy (non-hydrogen) atoms. The Morgan fingerprint density at radius 3 is 2.17 bits per heavy atom. The SMILES string of the molecule is CC(C(=O)c1ccccc1)(C(O)c1ccccc1)N1CCOCC1. The molecular formula is C20H23NO3. The van der Waals surface area contributed by atoms with Crippen LogP contribution in [0.15, 0.2) is 60.7 Å². The lowest BCUT2D eigenvalue weighted by atomic mass is 9.80. The van der Waals surface area contributed by atoms with Gasteiger partial charge in [0.15, 0.2) is 5.78 Å². The van der Waals surface area contributed by atoms with Crippen molar-refractivity contribution < 1.29 is 14.6 Å². The van der Waals surface area contributed by atoms with Gasteiger partial charge in [-0.15, -0.1) is 0 Å². The molecule has 3 rings (SSSR count). The highest BCUT2D eigenvalue weighted by Crippen LogP contribution is 2.35. The molecule has 1 aliphatic rings. The van der Waals surface area contributed by atoms with Crippen LogP contribution in [0.2, 0.25) is 0 Å². The summed E-state index contributed by atoms with van der Waals surface area (Å²) in [5.41, 5.74) is 0.323. The zero-order valence-electron chi connectivity index (χ0n) is 13.9. The molecule has 0 aromatic heterocycles. The molecule has 2 unspecified atom stereocenters. The van der Waals surface area contributed by atoms with Crippen LogP contribution in [0, 0.1) is 0 Å². The van der Waals surface area contributed by atoms with Crippen molar-refractivity contribution in [1.82, 2.24) is 4.90 Å².